The van der Waals surface area contributed by atoms with E-state index in [4.69, 9.17) is 4.74 Å². The largest absolute Gasteiger partial charge is 0.494 e. The first-order chi connectivity index (χ1) is 15.5. The van der Waals surface area contributed by atoms with E-state index in [0.717, 1.165) is 27.8 Å². The summed E-state index contributed by atoms with van der Waals surface area (Å²) < 4.78 is 7.18. The Morgan fingerprint density at radius 2 is 1.94 bits per heavy atom. The molecular formula is C25H23N5O2. The van der Waals surface area contributed by atoms with Crippen LogP contribution < -0.4 is 10.1 Å². The van der Waals surface area contributed by atoms with E-state index in [-0.39, 0.29) is 17.9 Å². The van der Waals surface area contributed by atoms with Gasteiger partial charge in [0.25, 0.3) is 0 Å². The highest BCUT2D eigenvalue weighted by molar-refractivity contribution is 5.91. The number of para-hydroxylation sites is 1. The Labute approximate surface area is 186 Å². The van der Waals surface area contributed by atoms with Crippen LogP contribution in [0.15, 0.2) is 60.8 Å². The van der Waals surface area contributed by atoms with Crippen molar-refractivity contribution in [2.75, 3.05) is 11.9 Å². The lowest BCUT2D eigenvalue weighted by atomic mass is 10.1. The Morgan fingerprint density at radius 1 is 1.16 bits per heavy atom. The van der Waals surface area contributed by atoms with Crippen molar-refractivity contribution >= 4 is 22.6 Å². The van der Waals surface area contributed by atoms with E-state index in [9.17, 15) is 10.1 Å². The number of nitrogens with zero attached hydrogens (tertiary/aromatic N) is 4. The standard InChI is InChI=1S/C25H23N5O2/c1-17-9-11-20(12-10-17)32-13-5-8-24(31)29-25-19(15-26)16-27-30(25)23-14-18(2)21-6-3-4-7-22(21)28-23/h3-4,6-7,9-12,14,16H,5,8,13H2,1-2H3,(H,29,31). The molecule has 0 bridgehead atoms. The first-order valence-electron chi connectivity index (χ1n) is 10.4. The Bertz CT molecular complexity index is 1300. The predicted molar refractivity (Wildman–Crippen MR) is 123 cm³/mol. The van der Waals surface area contributed by atoms with Crippen LogP contribution in [-0.4, -0.2) is 27.3 Å². The van der Waals surface area contributed by atoms with Gasteiger partial charge in [-0.2, -0.15) is 15.0 Å². The lowest BCUT2D eigenvalue weighted by Crippen LogP contribution is -2.17. The predicted octanol–water partition coefficient (Wildman–Crippen LogP) is 4.71. The zero-order valence-corrected chi connectivity index (χ0v) is 18.0. The molecule has 0 radical (unpaired) electrons. The molecule has 0 fully saturated rings. The molecule has 0 aliphatic carbocycles. The van der Waals surface area contributed by atoms with E-state index in [1.165, 1.54) is 10.9 Å². The lowest BCUT2D eigenvalue weighted by molar-refractivity contribution is -0.116. The average Bonchev–Trinajstić information content (AvgIpc) is 3.20. The van der Waals surface area contributed by atoms with Crippen LogP contribution in [-0.2, 0) is 4.79 Å². The second-order valence-electron chi connectivity index (χ2n) is 7.56. The van der Waals surface area contributed by atoms with Crippen LogP contribution in [0.25, 0.3) is 16.7 Å². The minimum atomic E-state index is -0.215. The number of aryl methyl sites for hydroxylation is 2. The molecule has 4 aromatic rings. The summed E-state index contributed by atoms with van der Waals surface area (Å²) in [6.45, 7) is 4.43. The quantitative estimate of drug-likeness (QED) is 0.433. The number of benzene rings is 2. The fourth-order valence-electron chi connectivity index (χ4n) is 3.42. The molecule has 0 atom stereocenters. The molecule has 0 saturated heterocycles. The molecule has 7 heteroatoms. The monoisotopic (exact) mass is 425 g/mol. The fraction of sp³-hybridized carbons (Fsp3) is 0.200. The van der Waals surface area contributed by atoms with Gasteiger partial charge in [-0.1, -0.05) is 35.9 Å². The number of nitriles is 1. The van der Waals surface area contributed by atoms with Gasteiger partial charge in [-0.25, -0.2) is 4.98 Å². The van der Waals surface area contributed by atoms with Crippen LogP contribution in [0.2, 0.25) is 0 Å². The zero-order valence-electron chi connectivity index (χ0n) is 18.0. The van der Waals surface area contributed by atoms with E-state index < -0.39 is 0 Å². The molecule has 0 aliphatic heterocycles. The molecule has 32 heavy (non-hydrogen) atoms. The summed E-state index contributed by atoms with van der Waals surface area (Å²) in [5, 5.41) is 17.6. The number of ether oxygens (including phenoxy) is 1. The summed E-state index contributed by atoms with van der Waals surface area (Å²) in [7, 11) is 0. The molecule has 0 spiro atoms. The van der Waals surface area contributed by atoms with Gasteiger partial charge in [0.05, 0.1) is 18.3 Å². The number of rotatable bonds is 7. The van der Waals surface area contributed by atoms with Gasteiger partial charge in [-0.15, -0.1) is 0 Å². The number of aromatic nitrogens is 3. The molecule has 0 unspecified atom stereocenters. The zero-order chi connectivity index (χ0) is 22.5. The molecule has 1 amide bonds. The SMILES string of the molecule is Cc1ccc(OCCCC(=O)Nc2c(C#N)cnn2-c2cc(C)c3ccccc3n2)cc1. The topological polar surface area (TPSA) is 92.8 Å². The molecule has 0 saturated carbocycles. The molecule has 7 nitrogen and oxygen atoms in total. The first-order valence-corrected chi connectivity index (χ1v) is 10.4. The summed E-state index contributed by atoms with van der Waals surface area (Å²) in [5.74, 6) is 1.42. The van der Waals surface area contributed by atoms with Gasteiger partial charge in [0, 0.05) is 11.8 Å². The number of fused-ring (bicyclic) bond motifs is 1. The third-order valence-electron chi connectivity index (χ3n) is 5.11. The van der Waals surface area contributed by atoms with Gasteiger partial charge >= 0.3 is 0 Å². The van der Waals surface area contributed by atoms with Crippen LogP contribution in [0.4, 0.5) is 5.82 Å². The number of hydrogen-bond donors (Lipinski definition) is 1. The van der Waals surface area contributed by atoms with E-state index in [1.54, 1.807) is 0 Å². The summed E-state index contributed by atoms with van der Waals surface area (Å²) in [6, 6.07) is 19.6. The van der Waals surface area contributed by atoms with Crippen molar-refractivity contribution in [1.82, 2.24) is 14.8 Å². The molecule has 2 aromatic heterocycles. The first kappa shape index (κ1) is 21.1. The summed E-state index contributed by atoms with van der Waals surface area (Å²) in [4.78, 5) is 17.2. The minimum Gasteiger partial charge on any atom is -0.494 e. The highest BCUT2D eigenvalue weighted by Gasteiger charge is 2.17. The smallest absolute Gasteiger partial charge is 0.225 e. The summed E-state index contributed by atoms with van der Waals surface area (Å²) >= 11 is 0. The number of carbonyl (C=O) groups excluding carboxylic acids is 1. The third-order valence-corrected chi connectivity index (χ3v) is 5.11. The molecule has 160 valence electrons. The van der Waals surface area contributed by atoms with Crippen molar-refractivity contribution in [3.63, 3.8) is 0 Å². The van der Waals surface area contributed by atoms with Crippen LogP contribution in [0.5, 0.6) is 5.75 Å². The van der Waals surface area contributed by atoms with Gasteiger partial charge < -0.3 is 10.1 Å². The van der Waals surface area contributed by atoms with E-state index in [1.807, 2.05) is 68.4 Å². The van der Waals surface area contributed by atoms with Crippen molar-refractivity contribution in [1.29, 1.82) is 5.26 Å². The van der Waals surface area contributed by atoms with Crippen molar-refractivity contribution in [3.8, 4) is 17.6 Å². The normalized spacial score (nSPS) is 10.7. The van der Waals surface area contributed by atoms with E-state index in [2.05, 4.69) is 21.5 Å². The number of amides is 1. The van der Waals surface area contributed by atoms with Crippen molar-refractivity contribution in [2.24, 2.45) is 0 Å². The maximum Gasteiger partial charge on any atom is 0.225 e. The van der Waals surface area contributed by atoms with Gasteiger partial charge in [0.2, 0.25) is 5.91 Å². The number of nitrogens with one attached hydrogen (secondary N) is 1. The maximum atomic E-state index is 12.6. The number of anilines is 1. The molecule has 0 aliphatic rings. The molecular weight excluding hydrogens is 402 g/mol. The highest BCUT2D eigenvalue weighted by atomic mass is 16.5. The summed E-state index contributed by atoms with van der Waals surface area (Å²) in [5.41, 5.74) is 3.30. The molecule has 4 rings (SSSR count). The van der Waals surface area contributed by atoms with Gasteiger partial charge in [0.15, 0.2) is 11.6 Å². The van der Waals surface area contributed by atoms with Crippen LogP contribution >= 0.6 is 0 Å². The van der Waals surface area contributed by atoms with Gasteiger partial charge in [-0.3, -0.25) is 4.79 Å². The van der Waals surface area contributed by atoms with Crippen molar-refractivity contribution in [2.45, 2.75) is 26.7 Å². The van der Waals surface area contributed by atoms with Crippen LogP contribution in [0, 0.1) is 25.2 Å². The van der Waals surface area contributed by atoms with Crippen LogP contribution in [0.3, 0.4) is 0 Å². The highest BCUT2D eigenvalue weighted by Crippen LogP contribution is 2.23. The third kappa shape index (κ3) is 4.60. The minimum absolute atomic E-state index is 0.215. The van der Waals surface area contributed by atoms with Gasteiger partial charge in [-0.05, 0) is 50.1 Å². The molecule has 2 heterocycles. The van der Waals surface area contributed by atoms with Crippen LogP contribution in [0.1, 0.15) is 29.5 Å². The van der Waals surface area contributed by atoms with Crippen molar-refractivity contribution in [3.05, 3.63) is 77.5 Å². The van der Waals surface area contributed by atoms with Crippen molar-refractivity contribution < 1.29 is 9.53 Å². The van der Waals surface area contributed by atoms with E-state index in [0.29, 0.717) is 24.7 Å². The fourth-order valence-corrected chi connectivity index (χ4v) is 3.42. The number of pyridine rings is 1. The second kappa shape index (κ2) is 9.31. The Morgan fingerprint density at radius 3 is 2.72 bits per heavy atom. The Kier molecular flexibility index (Phi) is 6.13. The Hall–Kier alpha value is -4.18. The molecule has 1 N–H and O–H groups in total. The van der Waals surface area contributed by atoms with E-state index >= 15 is 0 Å². The molecule has 2 aromatic carbocycles. The lowest BCUT2D eigenvalue weighted by Gasteiger charge is -2.11. The Balaban J connectivity index is 1.46. The average molecular weight is 425 g/mol. The number of carbonyl (C=O) groups is 1. The van der Waals surface area contributed by atoms with Gasteiger partial charge in [0.1, 0.15) is 17.4 Å². The number of hydrogen-bond acceptors (Lipinski definition) is 5. The second-order valence-corrected chi connectivity index (χ2v) is 7.56. The summed E-state index contributed by atoms with van der Waals surface area (Å²) in [6.07, 6.45) is 2.23. The maximum absolute atomic E-state index is 12.6.